The Morgan fingerprint density at radius 3 is 2.31 bits per heavy atom. The average molecular weight is 611 g/mol. The lowest BCUT2D eigenvalue weighted by atomic mass is 9.36. The van der Waals surface area contributed by atoms with Gasteiger partial charge in [0, 0.05) is 12.1 Å². The monoisotopic (exact) mass is 610 g/mol. The third kappa shape index (κ3) is 4.73. The van der Waals surface area contributed by atoms with Crippen LogP contribution < -0.4 is 11.1 Å². The zero-order valence-corrected chi connectivity index (χ0v) is 27.9. The van der Waals surface area contributed by atoms with E-state index in [9.17, 15) is 14.7 Å². The molecule has 0 bridgehead atoms. The lowest BCUT2D eigenvalue weighted by Crippen LogP contribution is -2.63. The molecule has 2 aromatic rings. The van der Waals surface area contributed by atoms with Gasteiger partial charge in [-0.1, -0.05) is 64.4 Å². The van der Waals surface area contributed by atoms with Gasteiger partial charge in [-0.25, -0.2) is 0 Å². The van der Waals surface area contributed by atoms with Crippen molar-refractivity contribution in [3.8, 4) is 11.1 Å². The maximum Gasteiger partial charge on any atom is 0.248 e. The molecule has 7 rings (SSSR count). The third-order valence-electron chi connectivity index (χ3n) is 14.8. The molecule has 0 spiro atoms. The van der Waals surface area contributed by atoms with Crippen LogP contribution in [0.3, 0.4) is 0 Å². The molecule has 0 saturated heterocycles. The number of aliphatic hydroxyl groups is 1. The minimum atomic E-state index is -0.428. The number of nitrogens with two attached hydrogens (primary N) is 1. The predicted octanol–water partition coefficient (Wildman–Crippen LogP) is 7.89. The van der Waals surface area contributed by atoms with Crippen LogP contribution in [-0.4, -0.2) is 23.0 Å². The number of carbonyl (C=O) groups excluding carboxylic acids is 2. The lowest BCUT2D eigenvalue weighted by Gasteiger charge is -2.69. The van der Waals surface area contributed by atoms with Crippen LogP contribution >= 0.6 is 0 Å². The second-order valence-corrected chi connectivity index (χ2v) is 16.9. The van der Waals surface area contributed by atoms with Crippen molar-refractivity contribution in [1.29, 1.82) is 0 Å². The van der Waals surface area contributed by atoms with Gasteiger partial charge in [0.15, 0.2) is 0 Å². The number of aliphatic hydroxyl groups excluding tert-OH is 1. The highest BCUT2D eigenvalue weighted by Gasteiger charge is 2.67. The van der Waals surface area contributed by atoms with E-state index >= 15 is 0 Å². The molecule has 5 fully saturated rings. The van der Waals surface area contributed by atoms with Gasteiger partial charge in [-0.2, -0.15) is 0 Å². The number of fused-ring (bicyclic) bond motifs is 7. The van der Waals surface area contributed by atoms with Crippen LogP contribution in [0.5, 0.6) is 0 Å². The number of nitrogens with one attached hydrogen (secondary N) is 1. The van der Waals surface area contributed by atoms with Crippen molar-refractivity contribution in [2.75, 3.05) is 0 Å². The average Bonchev–Trinajstić information content (AvgIpc) is 3.48. The topological polar surface area (TPSA) is 92.4 Å². The molecule has 9 unspecified atom stereocenters. The van der Waals surface area contributed by atoms with Gasteiger partial charge in [-0.05, 0) is 145 Å². The molecule has 5 aliphatic carbocycles. The molecule has 4 N–H and O–H groups in total. The van der Waals surface area contributed by atoms with Gasteiger partial charge < -0.3 is 16.2 Å². The molecule has 5 aliphatic rings. The van der Waals surface area contributed by atoms with Gasteiger partial charge in [0.25, 0.3) is 0 Å². The summed E-state index contributed by atoms with van der Waals surface area (Å²) in [7, 11) is 0. The van der Waals surface area contributed by atoms with Gasteiger partial charge in [0.1, 0.15) is 0 Å². The molecule has 5 heteroatoms. The van der Waals surface area contributed by atoms with Crippen molar-refractivity contribution in [2.24, 2.45) is 57.0 Å². The van der Waals surface area contributed by atoms with Crippen molar-refractivity contribution < 1.29 is 14.7 Å². The number of hydrogen-bond acceptors (Lipinski definition) is 3. The Morgan fingerprint density at radius 2 is 1.53 bits per heavy atom. The van der Waals surface area contributed by atoms with E-state index in [4.69, 9.17) is 5.73 Å². The van der Waals surface area contributed by atoms with Crippen LogP contribution in [0.25, 0.3) is 11.1 Å². The molecular weight excluding hydrogens is 556 g/mol. The van der Waals surface area contributed by atoms with Gasteiger partial charge in [0.05, 0.1) is 11.5 Å². The Kier molecular flexibility index (Phi) is 7.54. The van der Waals surface area contributed by atoms with E-state index in [1.54, 1.807) is 6.07 Å². The summed E-state index contributed by atoms with van der Waals surface area (Å²) in [5.41, 5.74) is 9.46. The molecule has 5 saturated carbocycles. The van der Waals surface area contributed by atoms with E-state index in [-0.39, 0.29) is 22.8 Å². The van der Waals surface area contributed by atoms with Crippen molar-refractivity contribution in [3.63, 3.8) is 0 Å². The van der Waals surface area contributed by atoms with E-state index in [1.165, 1.54) is 44.9 Å². The van der Waals surface area contributed by atoms with E-state index in [1.807, 2.05) is 30.3 Å². The van der Waals surface area contributed by atoms with Gasteiger partial charge in [-0.15, -0.1) is 0 Å². The highest BCUT2D eigenvalue weighted by Crippen LogP contribution is 2.73. The van der Waals surface area contributed by atoms with Crippen LogP contribution in [0.2, 0.25) is 0 Å². The van der Waals surface area contributed by atoms with Crippen molar-refractivity contribution in [1.82, 2.24) is 5.32 Å². The number of hydrogen-bond donors (Lipinski definition) is 3. The summed E-state index contributed by atoms with van der Waals surface area (Å²) in [4.78, 5) is 26.0. The standard InChI is InChI=1S/C40H54N2O3/c1-37(2)32-16-19-38(3)30-15-21-40(18-7-12-31(40)29(30)13-14-33(38)39(32,4)20-17-34(37)43)36(45)42-24-25-8-5-9-26(22-25)27-10-6-11-28(23-27)35(41)44/h5-6,8-11,22-23,29-34,43H,7,12-21,24H2,1-4H3,(H2,41,44)(H,42,45). The first-order chi connectivity index (χ1) is 21.4. The molecule has 9 atom stereocenters. The minimum absolute atomic E-state index is 0.0104. The van der Waals surface area contributed by atoms with Crippen LogP contribution in [0, 0.1) is 51.2 Å². The summed E-state index contributed by atoms with van der Waals surface area (Å²) >= 11 is 0. The molecule has 242 valence electrons. The second kappa shape index (κ2) is 11.0. The third-order valence-corrected chi connectivity index (χ3v) is 14.8. The maximum atomic E-state index is 14.2. The summed E-state index contributed by atoms with van der Waals surface area (Å²) in [6.07, 6.45) is 12.6. The quantitative estimate of drug-likeness (QED) is 0.321. The van der Waals surface area contributed by atoms with E-state index in [0.717, 1.165) is 48.3 Å². The second-order valence-electron chi connectivity index (χ2n) is 16.9. The van der Waals surface area contributed by atoms with Gasteiger partial charge >= 0.3 is 0 Å². The Hall–Kier alpha value is -2.66. The first kappa shape index (κ1) is 31.0. The van der Waals surface area contributed by atoms with Gasteiger partial charge in [0.2, 0.25) is 11.8 Å². The van der Waals surface area contributed by atoms with Crippen molar-refractivity contribution in [2.45, 2.75) is 111 Å². The summed E-state index contributed by atoms with van der Waals surface area (Å²) in [6.45, 7) is 10.4. The minimum Gasteiger partial charge on any atom is -0.393 e. The molecule has 0 aromatic heterocycles. The van der Waals surface area contributed by atoms with E-state index < -0.39 is 5.91 Å². The zero-order chi connectivity index (χ0) is 31.8. The molecule has 0 heterocycles. The Balaban J connectivity index is 1.07. The number of benzene rings is 2. The molecule has 2 aromatic carbocycles. The first-order valence-electron chi connectivity index (χ1n) is 17.9. The highest BCUT2D eigenvalue weighted by atomic mass is 16.3. The van der Waals surface area contributed by atoms with Crippen molar-refractivity contribution in [3.05, 3.63) is 59.7 Å². The SMILES string of the molecule is CC1(C)C(O)CCC2(C)C1CCC1(C)C3CCC4(C(=O)NCc5cccc(-c6cccc(C(N)=O)c6)c5)CCCC4C3CCC12. The number of amides is 2. The van der Waals surface area contributed by atoms with Crippen LogP contribution in [0.1, 0.15) is 114 Å². The van der Waals surface area contributed by atoms with Crippen LogP contribution in [0.4, 0.5) is 0 Å². The number of carbonyl (C=O) groups is 2. The van der Waals surface area contributed by atoms with Crippen molar-refractivity contribution >= 4 is 11.8 Å². The molecule has 0 aliphatic heterocycles. The fourth-order valence-electron chi connectivity index (χ4n) is 12.7. The largest absolute Gasteiger partial charge is 0.393 e. The molecule has 0 radical (unpaired) electrons. The Bertz CT molecular complexity index is 1480. The van der Waals surface area contributed by atoms with Crippen LogP contribution in [0.15, 0.2) is 48.5 Å². The zero-order valence-electron chi connectivity index (χ0n) is 27.9. The summed E-state index contributed by atoms with van der Waals surface area (Å²) in [5, 5.41) is 14.4. The summed E-state index contributed by atoms with van der Waals surface area (Å²) in [6, 6.07) is 15.7. The fraction of sp³-hybridized carbons (Fsp3) is 0.650. The van der Waals surface area contributed by atoms with E-state index in [0.29, 0.717) is 46.6 Å². The molecule has 45 heavy (non-hydrogen) atoms. The fourth-order valence-corrected chi connectivity index (χ4v) is 12.7. The smallest absolute Gasteiger partial charge is 0.248 e. The predicted molar refractivity (Wildman–Crippen MR) is 179 cm³/mol. The Labute approximate surface area is 270 Å². The van der Waals surface area contributed by atoms with E-state index in [2.05, 4.69) is 45.1 Å². The lowest BCUT2D eigenvalue weighted by molar-refractivity contribution is -0.214. The normalized spacial score (nSPS) is 39.9. The number of rotatable bonds is 5. The first-order valence-corrected chi connectivity index (χ1v) is 17.9. The summed E-state index contributed by atoms with van der Waals surface area (Å²) in [5.74, 6) is 3.01. The highest BCUT2D eigenvalue weighted by molar-refractivity contribution is 5.94. The Morgan fingerprint density at radius 1 is 0.800 bits per heavy atom. The maximum absolute atomic E-state index is 14.2. The van der Waals surface area contributed by atoms with Gasteiger partial charge in [-0.3, -0.25) is 9.59 Å². The molecular formula is C40H54N2O3. The molecule has 5 nitrogen and oxygen atoms in total. The molecule has 2 amide bonds. The van der Waals surface area contributed by atoms with Crippen LogP contribution in [-0.2, 0) is 11.3 Å². The number of primary amides is 1. The summed E-state index contributed by atoms with van der Waals surface area (Å²) < 4.78 is 0.